The summed E-state index contributed by atoms with van der Waals surface area (Å²) in [5.74, 6) is -0.175. The number of carboxylic acid groups (broad SMARTS) is 1. The zero-order chi connectivity index (χ0) is 12.0. The lowest BCUT2D eigenvalue weighted by atomic mass is 10.1. The van der Waals surface area contributed by atoms with E-state index in [0.717, 1.165) is 12.8 Å². The molecule has 1 rings (SSSR count). The summed E-state index contributed by atoms with van der Waals surface area (Å²) in [7, 11) is 0. The molecule has 4 nitrogen and oxygen atoms in total. The molecule has 88 valence electrons. The SMILES string of the molecule is CCC(CC)COc1cnccc1C(=O)O. The van der Waals surface area contributed by atoms with Crippen molar-refractivity contribution in [3.63, 3.8) is 0 Å². The van der Waals surface area contributed by atoms with E-state index >= 15 is 0 Å². The molecule has 0 unspecified atom stereocenters. The van der Waals surface area contributed by atoms with Gasteiger partial charge in [0.15, 0.2) is 5.75 Å². The first-order valence-corrected chi connectivity index (χ1v) is 5.49. The average molecular weight is 223 g/mol. The van der Waals surface area contributed by atoms with Gasteiger partial charge in [-0.05, 0) is 12.0 Å². The first kappa shape index (κ1) is 12.5. The van der Waals surface area contributed by atoms with Crippen LogP contribution in [0.25, 0.3) is 0 Å². The molecule has 0 atom stereocenters. The van der Waals surface area contributed by atoms with Crippen molar-refractivity contribution in [3.8, 4) is 5.75 Å². The second-order valence-corrected chi connectivity index (χ2v) is 3.67. The number of aromatic carboxylic acids is 1. The standard InChI is InChI=1S/C12H17NO3/c1-3-9(4-2)8-16-11-7-13-6-5-10(11)12(14)15/h5-7,9H,3-4,8H2,1-2H3,(H,14,15). The Morgan fingerprint density at radius 2 is 2.19 bits per heavy atom. The van der Waals surface area contributed by atoms with Crippen molar-refractivity contribution in [2.75, 3.05) is 6.61 Å². The molecule has 0 bridgehead atoms. The van der Waals surface area contributed by atoms with E-state index in [0.29, 0.717) is 18.3 Å². The number of hydrogen-bond acceptors (Lipinski definition) is 3. The Morgan fingerprint density at radius 1 is 1.50 bits per heavy atom. The molecule has 0 amide bonds. The number of nitrogens with zero attached hydrogens (tertiary/aromatic N) is 1. The van der Waals surface area contributed by atoms with Crippen molar-refractivity contribution >= 4 is 5.97 Å². The highest BCUT2D eigenvalue weighted by molar-refractivity contribution is 5.90. The molecule has 0 radical (unpaired) electrons. The first-order chi connectivity index (χ1) is 7.69. The highest BCUT2D eigenvalue weighted by Gasteiger charge is 2.12. The monoisotopic (exact) mass is 223 g/mol. The molecule has 0 aliphatic carbocycles. The van der Waals surface area contributed by atoms with Crippen LogP contribution < -0.4 is 4.74 Å². The molecule has 1 aromatic heterocycles. The van der Waals surface area contributed by atoms with Gasteiger partial charge < -0.3 is 9.84 Å². The molecule has 0 saturated carbocycles. The molecule has 0 aliphatic heterocycles. The van der Waals surface area contributed by atoms with Gasteiger partial charge in [0.05, 0.1) is 12.8 Å². The second-order valence-electron chi connectivity index (χ2n) is 3.67. The number of hydrogen-bond donors (Lipinski definition) is 1. The Morgan fingerprint density at radius 3 is 2.75 bits per heavy atom. The zero-order valence-electron chi connectivity index (χ0n) is 9.64. The van der Waals surface area contributed by atoms with E-state index in [4.69, 9.17) is 9.84 Å². The zero-order valence-corrected chi connectivity index (χ0v) is 9.64. The van der Waals surface area contributed by atoms with E-state index in [2.05, 4.69) is 18.8 Å². The highest BCUT2D eigenvalue weighted by atomic mass is 16.5. The minimum Gasteiger partial charge on any atom is -0.491 e. The third-order valence-corrected chi connectivity index (χ3v) is 2.64. The van der Waals surface area contributed by atoms with Crippen molar-refractivity contribution in [1.82, 2.24) is 4.98 Å². The van der Waals surface area contributed by atoms with Crippen LogP contribution in [-0.4, -0.2) is 22.7 Å². The molecule has 0 aliphatic rings. The molecule has 1 N–H and O–H groups in total. The van der Waals surface area contributed by atoms with Gasteiger partial charge in [-0.15, -0.1) is 0 Å². The fraction of sp³-hybridized carbons (Fsp3) is 0.500. The molecule has 0 saturated heterocycles. The molecule has 16 heavy (non-hydrogen) atoms. The Labute approximate surface area is 95.3 Å². The second kappa shape index (κ2) is 6.10. The fourth-order valence-corrected chi connectivity index (χ4v) is 1.40. The number of aromatic nitrogens is 1. The van der Waals surface area contributed by atoms with E-state index in [1.54, 1.807) is 0 Å². The predicted octanol–water partition coefficient (Wildman–Crippen LogP) is 2.59. The van der Waals surface area contributed by atoms with Crippen molar-refractivity contribution in [2.24, 2.45) is 5.92 Å². The van der Waals surface area contributed by atoms with E-state index in [-0.39, 0.29) is 5.56 Å². The van der Waals surface area contributed by atoms with Crippen LogP contribution in [0.2, 0.25) is 0 Å². The van der Waals surface area contributed by atoms with Gasteiger partial charge in [-0.25, -0.2) is 4.79 Å². The maximum Gasteiger partial charge on any atom is 0.339 e. The average Bonchev–Trinajstić information content (AvgIpc) is 2.30. The maximum atomic E-state index is 10.9. The number of pyridine rings is 1. The molecular weight excluding hydrogens is 206 g/mol. The molecule has 1 heterocycles. The summed E-state index contributed by atoms with van der Waals surface area (Å²) in [6, 6.07) is 1.45. The van der Waals surface area contributed by atoms with Gasteiger partial charge >= 0.3 is 5.97 Å². The van der Waals surface area contributed by atoms with Crippen LogP contribution in [0.15, 0.2) is 18.5 Å². The summed E-state index contributed by atoms with van der Waals surface area (Å²) < 4.78 is 5.50. The smallest absolute Gasteiger partial charge is 0.339 e. The minimum atomic E-state index is -0.984. The lowest BCUT2D eigenvalue weighted by Crippen LogP contribution is -2.12. The number of carboxylic acids is 1. The summed E-state index contributed by atoms with van der Waals surface area (Å²) >= 11 is 0. The Hall–Kier alpha value is -1.58. The number of carbonyl (C=O) groups is 1. The van der Waals surface area contributed by atoms with Gasteiger partial charge in [-0.3, -0.25) is 4.98 Å². The van der Waals surface area contributed by atoms with Crippen LogP contribution >= 0.6 is 0 Å². The summed E-state index contributed by atoms with van der Waals surface area (Å²) in [6.45, 7) is 4.73. The van der Waals surface area contributed by atoms with Crippen LogP contribution in [0.5, 0.6) is 5.75 Å². The molecular formula is C12H17NO3. The normalized spacial score (nSPS) is 10.4. The minimum absolute atomic E-state index is 0.168. The van der Waals surface area contributed by atoms with Crippen LogP contribution in [0.1, 0.15) is 37.0 Å². The highest BCUT2D eigenvalue weighted by Crippen LogP contribution is 2.18. The topological polar surface area (TPSA) is 59.4 Å². The van der Waals surface area contributed by atoms with E-state index in [1.165, 1.54) is 18.5 Å². The lowest BCUT2D eigenvalue weighted by molar-refractivity contribution is 0.0691. The number of ether oxygens (including phenoxy) is 1. The van der Waals surface area contributed by atoms with Gasteiger partial charge in [0.1, 0.15) is 5.56 Å². The molecule has 0 spiro atoms. The molecule has 1 aromatic rings. The van der Waals surface area contributed by atoms with E-state index < -0.39 is 5.97 Å². The van der Waals surface area contributed by atoms with Crippen molar-refractivity contribution in [3.05, 3.63) is 24.0 Å². The Kier molecular flexibility index (Phi) is 4.76. The van der Waals surface area contributed by atoms with Crippen LogP contribution in [0.4, 0.5) is 0 Å². The van der Waals surface area contributed by atoms with Gasteiger partial charge in [0.25, 0.3) is 0 Å². The van der Waals surface area contributed by atoms with Crippen LogP contribution in [0, 0.1) is 5.92 Å². The number of rotatable bonds is 6. The molecule has 0 aromatic carbocycles. The third kappa shape index (κ3) is 3.22. The Bertz CT molecular complexity index is 348. The van der Waals surface area contributed by atoms with E-state index in [1.807, 2.05) is 0 Å². The van der Waals surface area contributed by atoms with Gasteiger partial charge in [0.2, 0.25) is 0 Å². The largest absolute Gasteiger partial charge is 0.491 e. The summed E-state index contributed by atoms with van der Waals surface area (Å²) in [6.07, 6.45) is 4.96. The summed E-state index contributed by atoms with van der Waals surface area (Å²) in [5, 5.41) is 8.94. The molecule has 4 heteroatoms. The van der Waals surface area contributed by atoms with Crippen molar-refractivity contribution in [1.29, 1.82) is 0 Å². The molecule has 0 fully saturated rings. The van der Waals surface area contributed by atoms with Crippen molar-refractivity contribution in [2.45, 2.75) is 26.7 Å². The first-order valence-electron chi connectivity index (χ1n) is 5.49. The van der Waals surface area contributed by atoms with Gasteiger partial charge in [-0.2, -0.15) is 0 Å². The summed E-state index contributed by atoms with van der Waals surface area (Å²) in [4.78, 5) is 14.8. The lowest BCUT2D eigenvalue weighted by Gasteiger charge is -2.14. The van der Waals surface area contributed by atoms with E-state index in [9.17, 15) is 4.79 Å². The third-order valence-electron chi connectivity index (χ3n) is 2.64. The van der Waals surface area contributed by atoms with Gasteiger partial charge in [-0.1, -0.05) is 26.7 Å². The Balaban J connectivity index is 2.69. The maximum absolute atomic E-state index is 10.9. The predicted molar refractivity (Wildman–Crippen MR) is 60.8 cm³/mol. The quantitative estimate of drug-likeness (QED) is 0.805. The van der Waals surface area contributed by atoms with Crippen LogP contribution in [-0.2, 0) is 0 Å². The fourth-order valence-electron chi connectivity index (χ4n) is 1.40. The van der Waals surface area contributed by atoms with Crippen molar-refractivity contribution < 1.29 is 14.6 Å². The van der Waals surface area contributed by atoms with Crippen LogP contribution in [0.3, 0.4) is 0 Å². The summed E-state index contributed by atoms with van der Waals surface area (Å²) in [5.41, 5.74) is 0.168. The van der Waals surface area contributed by atoms with Gasteiger partial charge in [0, 0.05) is 6.20 Å².